The Labute approximate surface area is 126 Å². The van der Waals surface area contributed by atoms with Crippen LogP contribution in [0, 0.1) is 6.92 Å². The highest BCUT2D eigenvalue weighted by molar-refractivity contribution is 7.94. The summed E-state index contributed by atoms with van der Waals surface area (Å²) in [7, 11) is -3.59. The first kappa shape index (κ1) is 13.8. The molecule has 0 aliphatic heterocycles. The second kappa shape index (κ2) is 5.34. The summed E-state index contributed by atoms with van der Waals surface area (Å²) in [6.07, 6.45) is 0. The van der Waals surface area contributed by atoms with E-state index in [1.54, 1.807) is 42.5 Å². The number of nitrogens with one attached hydrogen (secondary N) is 1. The lowest BCUT2D eigenvalue weighted by atomic mass is 10.3. The van der Waals surface area contributed by atoms with Gasteiger partial charge in [-0.3, -0.25) is 4.72 Å². The molecule has 3 rings (SSSR count). The van der Waals surface area contributed by atoms with Gasteiger partial charge in [-0.2, -0.15) is 0 Å². The predicted molar refractivity (Wildman–Crippen MR) is 81.8 cm³/mol. The van der Waals surface area contributed by atoms with E-state index in [-0.39, 0.29) is 4.21 Å². The van der Waals surface area contributed by atoms with E-state index >= 15 is 0 Å². The molecule has 0 radical (unpaired) electrons. The van der Waals surface area contributed by atoms with Crippen LogP contribution in [0.15, 0.2) is 57.3 Å². The van der Waals surface area contributed by atoms with Crippen LogP contribution in [0.1, 0.15) is 5.69 Å². The summed E-state index contributed by atoms with van der Waals surface area (Å²) in [5.41, 5.74) is 1.29. The smallest absolute Gasteiger partial charge is 0.271 e. The Kier molecular flexibility index (Phi) is 3.52. The predicted octanol–water partition coefficient (Wildman–Crippen LogP) is 3.51. The van der Waals surface area contributed by atoms with Crippen molar-refractivity contribution in [1.82, 2.24) is 5.16 Å². The minimum absolute atomic E-state index is 0.232. The van der Waals surface area contributed by atoms with Crippen molar-refractivity contribution in [3.8, 4) is 10.6 Å². The van der Waals surface area contributed by atoms with Crippen molar-refractivity contribution in [2.45, 2.75) is 11.1 Å². The van der Waals surface area contributed by atoms with Crippen molar-refractivity contribution >= 4 is 27.0 Å². The summed E-state index contributed by atoms with van der Waals surface area (Å²) in [5.74, 6) is 0.568. The fourth-order valence-electron chi connectivity index (χ4n) is 1.79. The van der Waals surface area contributed by atoms with E-state index in [9.17, 15) is 8.42 Å². The molecule has 0 bridgehead atoms. The van der Waals surface area contributed by atoms with Crippen LogP contribution in [-0.4, -0.2) is 13.6 Å². The molecule has 2 heterocycles. The lowest BCUT2D eigenvalue weighted by molar-refractivity contribution is 0.428. The van der Waals surface area contributed by atoms with E-state index in [2.05, 4.69) is 9.88 Å². The van der Waals surface area contributed by atoms with Gasteiger partial charge in [0, 0.05) is 11.8 Å². The zero-order valence-corrected chi connectivity index (χ0v) is 12.7. The number of aryl methyl sites for hydroxylation is 1. The number of benzene rings is 1. The van der Waals surface area contributed by atoms with E-state index in [1.165, 1.54) is 0 Å². The van der Waals surface area contributed by atoms with Gasteiger partial charge >= 0.3 is 0 Å². The van der Waals surface area contributed by atoms with Crippen molar-refractivity contribution in [3.05, 3.63) is 54.2 Å². The first-order chi connectivity index (χ1) is 10.0. The van der Waals surface area contributed by atoms with Gasteiger partial charge in [0.15, 0.2) is 5.76 Å². The van der Waals surface area contributed by atoms with Crippen LogP contribution >= 0.6 is 11.3 Å². The molecule has 0 aliphatic rings. The highest BCUT2D eigenvalue weighted by atomic mass is 32.2. The second-order valence-corrected chi connectivity index (χ2v) is 7.42. The maximum Gasteiger partial charge on any atom is 0.271 e. The number of nitrogens with zero attached hydrogens (tertiary/aromatic N) is 1. The van der Waals surface area contributed by atoms with Gasteiger partial charge in [-0.05, 0) is 31.2 Å². The third kappa shape index (κ3) is 2.98. The zero-order chi connectivity index (χ0) is 14.9. The normalized spacial score (nSPS) is 11.5. The van der Waals surface area contributed by atoms with Gasteiger partial charge in [-0.25, -0.2) is 8.42 Å². The van der Waals surface area contributed by atoms with E-state index in [0.29, 0.717) is 11.4 Å². The van der Waals surface area contributed by atoms with Crippen molar-refractivity contribution < 1.29 is 12.9 Å². The fraction of sp³-hybridized carbons (Fsp3) is 0.0714. The highest BCUT2D eigenvalue weighted by Crippen LogP contribution is 2.31. The molecule has 0 saturated carbocycles. The van der Waals surface area contributed by atoms with E-state index in [0.717, 1.165) is 21.9 Å². The van der Waals surface area contributed by atoms with E-state index < -0.39 is 10.0 Å². The van der Waals surface area contributed by atoms with Gasteiger partial charge in [0.2, 0.25) is 0 Å². The summed E-state index contributed by atoms with van der Waals surface area (Å²) in [6.45, 7) is 1.81. The molecule has 0 amide bonds. The number of thiophene rings is 1. The van der Waals surface area contributed by atoms with E-state index in [1.807, 2.05) is 13.0 Å². The summed E-state index contributed by atoms with van der Waals surface area (Å²) < 4.78 is 32.5. The number of para-hydroxylation sites is 1. The van der Waals surface area contributed by atoms with Gasteiger partial charge < -0.3 is 4.52 Å². The Balaban J connectivity index is 1.88. The van der Waals surface area contributed by atoms with Crippen LogP contribution in [0.25, 0.3) is 10.6 Å². The van der Waals surface area contributed by atoms with Gasteiger partial charge in [-0.15, -0.1) is 11.3 Å². The van der Waals surface area contributed by atoms with Crippen LogP contribution in [0.4, 0.5) is 5.69 Å². The van der Waals surface area contributed by atoms with Gasteiger partial charge in [0.1, 0.15) is 4.21 Å². The van der Waals surface area contributed by atoms with Crippen LogP contribution in [0.2, 0.25) is 0 Å². The molecule has 21 heavy (non-hydrogen) atoms. The number of sulfonamides is 1. The molecule has 0 unspecified atom stereocenters. The Morgan fingerprint density at radius 1 is 1.14 bits per heavy atom. The lowest BCUT2D eigenvalue weighted by Crippen LogP contribution is -2.11. The Morgan fingerprint density at radius 2 is 1.90 bits per heavy atom. The molecular weight excluding hydrogens is 308 g/mol. The molecule has 0 saturated heterocycles. The molecular formula is C14H12N2O3S2. The maximum absolute atomic E-state index is 12.3. The van der Waals surface area contributed by atoms with Crippen molar-refractivity contribution in [1.29, 1.82) is 0 Å². The molecule has 3 aromatic rings. The van der Waals surface area contributed by atoms with E-state index in [4.69, 9.17) is 4.52 Å². The average Bonchev–Trinajstić information content (AvgIpc) is 3.08. The van der Waals surface area contributed by atoms with Crippen LogP contribution in [-0.2, 0) is 10.0 Å². The lowest BCUT2D eigenvalue weighted by Gasteiger charge is -2.05. The fourth-order valence-corrected chi connectivity index (χ4v) is 4.10. The monoisotopic (exact) mass is 320 g/mol. The topological polar surface area (TPSA) is 72.2 Å². The quantitative estimate of drug-likeness (QED) is 0.798. The minimum Gasteiger partial charge on any atom is -0.355 e. The molecule has 0 aliphatic carbocycles. The SMILES string of the molecule is Cc1cc(-c2ccc(S(=O)(=O)Nc3ccccc3)s2)on1. The van der Waals surface area contributed by atoms with Gasteiger partial charge in [-0.1, -0.05) is 23.4 Å². The van der Waals surface area contributed by atoms with Crippen molar-refractivity contribution in [3.63, 3.8) is 0 Å². The molecule has 1 N–H and O–H groups in total. The molecule has 0 fully saturated rings. The number of hydrogen-bond donors (Lipinski definition) is 1. The standard InChI is InChI=1S/C14H12N2O3S2/c1-10-9-12(19-15-10)13-7-8-14(20-13)21(17,18)16-11-5-3-2-4-6-11/h2-9,16H,1H3. The van der Waals surface area contributed by atoms with Crippen molar-refractivity contribution in [2.24, 2.45) is 0 Å². The second-order valence-electron chi connectivity index (χ2n) is 4.42. The molecule has 0 spiro atoms. The summed E-state index contributed by atoms with van der Waals surface area (Å²) in [4.78, 5) is 0.726. The Hall–Kier alpha value is -2.12. The highest BCUT2D eigenvalue weighted by Gasteiger charge is 2.18. The van der Waals surface area contributed by atoms with Crippen LogP contribution in [0.3, 0.4) is 0 Å². The van der Waals surface area contributed by atoms with Crippen molar-refractivity contribution in [2.75, 3.05) is 4.72 Å². The third-order valence-corrected chi connectivity index (χ3v) is 5.72. The Bertz CT molecular complexity index is 851. The molecule has 2 aromatic heterocycles. The van der Waals surface area contributed by atoms with Crippen LogP contribution in [0.5, 0.6) is 0 Å². The third-order valence-electron chi connectivity index (χ3n) is 2.74. The summed E-state index contributed by atoms with van der Waals surface area (Å²) in [6, 6.07) is 13.8. The summed E-state index contributed by atoms with van der Waals surface area (Å²) in [5, 5.41) is 3.80. The number of aromatic nitrogens is 1. The molecule has 0 atom stereocenters. The zero-order valence-electron chi connectivity index (χ0n) is 11.1. The molecule has 5 nitrogen and oxygen atoms in total. The first-order valence-corrected chi connectivity index (χ1v) is 8.46. The summed E-state index contributed by atoms with van der Waals surface area (Å²) >= 11 is 1.14. The minimum atomic E-state index is -3.59. The molecule has 7 heteroatoms. The first-order valence-electron chi connectivity index (χ1n) is 6.16. The van der Waals surface area contributed by atoms with Crippen LogP contribution < -0.4 is 4.72 Å². The Morgan fingerprint density at radius 3 is 2.57 bits per heavy atom. The largest absolute Gasteiger partial charge is 0.355 e. The molecule has 1 aromatic carbocycles. The maximum atomic E-state index is 12.3. The number of rotatable bonds is 4. The number of hydrogen-bond acceptors (Lipinski definition) is 5. The van der Waals surface area contributed by atoms with Gasteiger partial charge in [0.25, 0.3) is 10.0 Å². The average molecular weight is 320 g/mol. The molecule has 108 valence electrons. The number of anilines is 1. The van der Waals surface area contributed by atoms with Gasteiger partial charge in [0.05, 0.1) is 10.6 Å².